The predicted octanol–water partition coefficient (Wildman–Crippen LogP) is 4.92. The highest BCUT2D eigenvalue weighted by molar-refractivity contribution is 6.74. The molecule has 2 aliphatic heterocycles. The Hall–Kier alpha value is -0.393. The monoisotopic (exact) mass is 370 g/mol. The summed E-state index contributed by atoms with van der Waals surface area (Å²) in [5.74, 6) is 0.634. The fourth-order valence-electron chi connectivity index (χ4n) is 3.62. The van der Waals surface area contributed by atoms with Gasteiger partial charge in [-0.25, -0.2) is 0 Å². The summed E-state index contributed by atoms with van der Waals surface area (Å²) in [6.07, 6.45) is 4.51. The Balaban J connectivity index is 1.80. The van der Waals surface area contributed by atoms with Gasteiger partial charge in [0.15, 0.2) is 8.32 Å². The van der Waals surface area contributed by atoms with Crippen LogP contribution < -0.4 is 0 Å². The molecular formula is C20H38O4Si. The summed E-state index contributed by atoms with van der Waals surface area (Å²) >= 11 is 0. The van der Waals surface area contributed by atoms with E-state index in [9.17, 15) is 4.79 Å². The van der Waals surface area contributed by atoms with Gasteiger partial charge in [0.25, 0.3) is 0 Å². The van der Waals surface area contributed by atoms with Crippen molar-refractivity contribution in [2.75, 3.05) is 0 Å². The van der Waals surface area contributed by atoms with Crippen LogP contribution in [-0.4, -0.2) is 38.7 Å². The molecule has 2 heterocycles. The van der Waals surface area contributed by atoms with Crippen molar-refractivity contribution in [2.24, 2.45) is 11.8 Å². The molecule has 2 fully saturated rings. The van der Waals surface area contributed by atoms with Gasteiger partial charge in [-0.1, -0.05) is 41.5 Å². The van der Waals surface area contributed by atoms with Gasteiger partial charge in [-0.2, -0.15) is 0 Å². The first-order valence-corrected chi connectivity index (χ1v) is 12.9. The molecule has 1 unspecified atom stereocenters. The van der Waals surface area contributed by atoms with Crippen LogP contribution in [0.4, 0.5) is 0 Å². The minimum atomic E-state index is -1.73. The number of esters is 1. The molecule has 0 N–H and O–H groups in total. The fraction of sp³-hybridized carbons (Fsp3) is 0.950. The van der Waals surface area contributed by atoms with Crippen LogP contribution in [0.2, 0.25) is 18.1 Å². The summed E-state index contributed by atoms with van der Waals surface area (Å²) in [4.78, 5) is 11.5. The van der Waals surface area contributed by atoms with Crippen molar-refractivity contribution >= 4 is 14.3 Å². The summed E-state index contributed by atoms with van der Waals surface area (Å²) in [7, 11) is -1.73. The molecule has 146 valence electrons. The second-order valence-electron chi connectivity index (χ2n) is 9.71. The molecule has 0 radical (unpaired) electrons. The van der Waals surface area contributed by atoms with Gasteiger partial charge >= 0.3 is 5.97 Å². The molecule has 25 heavy (non-hydrogen) atoms. The Labute approximate surface area is 155 Å². The molecule has 2 aliphatic rings. The van der Waals surface area contributed by atoms with E-state index in [0.717, 1.165) is 19.3 Å². The van der Waals surface area contributed by atoms with E-state index >= 15 is 0 Å². The zero-order valence-corrected chi connectivity index (χ0v) is 18.4. The highest BCUT2D eigenvalue weighted by atomic mass is 28.4. The van der Waals surface area contributed by atoms with Crippen LogP contribution >= 0.6 is 0 Å². The van der Waals surface area contributed by atoms with Crippen molar-refractivity contribution in [2.45, 2.75) is 110 Å². The van der Waals surface area contributed by atoms with E-state index in [0.29, 0.717) is 30.5 Å². The van der Waals surface area contributed by atoms with E-state index in [1.54, 1.807) is 0 Å². The number of epoxide rings is 1. The Morgan fingerprint density at radius 1 is 1.24 bits per heavy atom. The average Bonchev–Trinajstić information content (AvgIpc) is 3.09. The summed E-state index contributed by atoms with van der Waals surface area (Å²) in [5.41, 5.74) is 0. The third kappa shape index (κ3) is 5.30. The van der Waals surface area contributed by atoms with Gasteiger partial charge in [0.2, 0.25) is 0 Å². The standard InChI is InChI=1S/C20H38O4Si/c1-9-15(24-25(7,8)20(4,5)6)12-17-16(22-17)10-13(2)19-14(3)11-18(21)23-19/h13-17,19H,9-12H2,1-8H3/t13-,14-,15-,16+,17?,19+/m0/s1. The lowest BCUT2D eigenvalue weighted by atomic mass is 9.89. The molecule has 0 saturated carbocycles. The van der Waals surface area contributed by atoms with Gasteiger partial charge < -0.3 is 13.9 Å². The van der Waals surface area contributed by atoms with Crippen LogP contribution in [0.25, 0.3) is 0 Å². The van der Waals surface area contributed by atoms with E-state index in [4.69, 9.17) is 13.9 Å². The zero-order chi connectivity index (χ0) is 19.0. The SMILES string of the molecule is CC[C@@H](CC1O[C@@H]1C[C@H](C)[C@H]1OC(=O)C[C@@H]1C)O[Si](C)(C)C(C)(C)C. The van der Waals surface area contributed by atoms with E-state index < -0.39 is 8.32 Å². The van der Waals surface area contributed by atoms with Crippen molar-refractivity contribution in [3.8, 4) is 0 Å². The molecule has 0 spiro atoms. The third-order valence-corrected chi connectivity index (χ3v) is 10.9. The van der Waals surface area contributed by atoms with Gasteiger partial charge in [-0.3, -0.25) is 4.79 Å². The normalized spacial score (nSPS) is 32.4. The van der Waals surface area contributed by atoms with Gasteiger partial charge in [0.05, 0.1) is 18.6 Å². The molecule has 0 aromatic rings. The van der Waals surface area contributed by atoms with Gasteiger partial charge in [0.1, 0.15) is 6.10 Å². The number of hydrogen-bond acceptors (Lipinski definition) is 4. The van der Waals surface area contributed by atoms with E-state index in [1.165, 1.54) is 0 Å². The Morgan fingerprint density at radius 3 is 2.32 bits per heavy atom. The van der Waals surface area contributed by atoms with Crippen LogP contribution in [0.15, 0.2) is 0 Å². The lowest BCUT2D eigenvalue weighted by Gasteiger charge is -2.39. The minimum Gasteiger partial charge on any atom is -0.462 e. The lowest BCUT2D eigenvalue weighted by Crippen LogP contribution is -2.44. The molecule has 5 heteroatoms. The van der Waals surface area contributed by atoms with Crippen LogP contribution in [0.5, 0.6) is 0 Å². The Kier molecular flexibility index (Phi) is 6.43. The third-order valence-electron chi connectivity index (χ3n) is 6.39. The molecule has 2 saturated heterocycles. The first-order chi connectivity index (χ1) is 11.4. The molecule has 0 aliphatic carbocycles. The molecule has 0 aromatic heterocycles. The Bertz CT molecular complexity index is 471. The van der Waals surface area contributed by atoms with Crippen LogP contribution in [0.1, 0.15) is 67.2 Å². The summed E-state index contributed by atoms with van der Waals surface area (Å²) in [6.45, 7) is 18.0. The summed E-state index contributed by atoms with van der Waals surface area (Å²) in [6, 6.07) is 0. The number of ether oxygens (including phenoxy) is 2. The van der Waals surface area contributed by atoms with Gasteiger partial charge in [-0.15, -0.1) is 0 Å². The van der Waals surface area contributed by atoms with E-state index in [1.807, 2.05) is 0 Å². The topological polar surface area (TPSA) is 48.1 Å². The van der Waals surface area contributed by atoms with Crippen LogP contribution in [-0.2, 0) is 18.7 Å². The molecule has 4 nitrogen and oxygen atoms in total. The first kappa shape index (κ1) is 20.9. The second kappa shape index (κ2) is 7.69. The lowest BCUT2D eigenvalue weighted by molar-refractivity contribution is -0.143. The van der Waals surface area contributed by atoms with Gasteiger partial charge in [0, 0.05) is 18.4 Å². The quantitative estimate of drug-likeness (QED) is 0.345. The van der Waals surface area contributed by atoms with Crippen LogP contribution in [0.3, 0.4) is 0 Å². The summed E-state index contributed by atoms with van der Waals surface area (Å²) in [5, 5.41) is 0.237. The fourth-order valence-corrected chi connectivity index (χ4v) is 5.07. The van der Waals surface area contributed by atoms with Crippen LogP contribution in [0, 0.1) is 11.8 Å². The van der Waals surface area contributed by atoms with Gasteiger partial charge in [-0.05, 0) is 36.9 Å². The maximum absolute atomic E-state index is 11.5. The largest absolute Gasteiger partial charge is 0.462 e. The van der Waals surface area contributed by atoms with Crippen molar-refractivity contribution < 1.29 is 18.7 Å². The highest BCUT2D eigenvalue weighted by Crippen LogP contribution is 2.41. The number of carbonyl (C=O) groups excluding carboxylic acids is 1. The number of cyclic esters (lactones) is 1. The van der Waals surface area contributed by atoms with Crippen molar-refractivity contribution in [3.05, 3.63) is 0 Å². The predicted molar refractivity (Wildman–Crippen MR) is 103 cm³/mol. The molecule has 0 amide bonds. The number of hydrogen-bond donors (Lipinski definition) is 0. The second-order valence-corrected chi connectivity index (χ2v) is 14.5. The maximum atomic E-state index is 11.5. The zero-order valence-electron chi connectivity index (χ0n) is 17.4. The van der Waals surface area contributed by atoms with E-state index in [2.05, 4.69) is 54.6 Å². The smallest absolute Gasteiger partial charge is 0.306 e. The molecule has 2 rings (SSSR count). The average molecular weight is 371 g/mol. The van der Waals surface area contributed by atoms with E-state index in [-0.39, 0.29) is 23.2 Å². The maximum Gasteiger partial charge on any atom is 0.306 e. The molecular weight excluding hydrogens is 332 g/mol. The van der Waals surface area contributed by atoms with Crippen molar-refractivity contribution in [3.63, 3.8) is 0 Å². The number of rotatable bonds is 8. The van der Waals surface area contributed by atoms with Crippen molar-refractivity contribution in [1.29, 1.82) is 0 Å². The first-order valence-electron chi connectivity index (χ1n) is 9.97. The molecule has 6 atom stereocenters. The number of carbonyl (C=O) groups is 1. The molecule has 0 bridgehead atoms. The minimum absolute atomic E-state index is 0.0496. The highest BCUT2D eigenvalue weighted by Gasteiger charge is 2.46. The van der Waals surface area contributed by atoms with Crippen molar-refractivity contribution in [1.82, 2.24) is 0 Å². The molecule has 0 aromatic carbocycles. The summed E-state index contributed by atoms with van der Waals surface area (Å²) < 4.78 is 18.0. The Morgan fingerprint density at radius 2 is 1.84 bits per heavy atom.